The fourth-order valence-electron chi connectivity index (χ4n) is 3.48. The maximum absolute atomic E-state index is 10.3. The fraction of sp³-hybridized carbons (Fsp3) is 0.278. The van der Waals surface area contributed by atoms with Crippen LogP contribution in [0.4, 0.5) is 11.8 Å². The Labute approximate surface area is 154 Å². The number of rotatable bonds is 3. The normalized spacial score (nSPS) is 18.8. The highest BCUT2D eigenvalue weighted by Gasteiger charge is 2.28. The second-order valence-electron chi connectivity index (χ2n) is 6.77. The van der Waals surface area contributed by atoms with Gasteiger partial charge in [0.15, 0.2) is 5.65 Å². The van der Waals surface area contributed by atoms with E-state index in [-0.39, 0.29) is 5.92 Å². The lowest BCUT2D eigenvalue weighted by Gasteiger charge is -2.25. The molecule has 1 aliphatic rings. The van der Waals surface area contributed by atoms with Gasteiger partial charge in [0.1, 0.15) is 11.6 Å². The molecule has 4 aromatic heterocycles. The van der Waals surface area contributed by atoms with Crippen molar-refractivity contribution in [3.05, 3.63) is 48.2 Å². The van der Waals surface area contributed by atoms with Gasteiger partial charge in [0.25, 0.3) is 0 Å². The van der Waals surface area contributed by atoms with Gasteiger partial charge in [-0.1, -0.05) is 6.92 Å². The Morgan fingerprint density at radius 1 is 1.19 bits per heavy atom. The molecule has 27 heavy (non-hydrogen) atoms. The van der Waals surface area contributed by atoms with E-state index in [2.05, 4.69) is 30.6 Å². The SMILES string of the molecule is CC1c2cc(-c3ccnc(Nc4ccnn4C)n3)cc3nnc(n23)CC1O. The first-order chi connectivity index (χ1) is 13.1. The molecule has 5 heterocycles. The van der Waals surface area contributed by atoms with Crippen LogP contribution in [-0.2, 0) is 13.5 Å². The summed E-state index contributed by atoms with van der Waals surface area (Å²) in [7, 11) is 1.85. The Balaban J connectivity index is 1.58. The number of nitrogens with zero attached hydrogens (tertiary/aromatic N) is 7. The van der Waals surface area contributed by atoms with Crippen molar-refractivity contribution in [2.75, 3.05) is 5.32 Å². The molecule has 0 amide bonds. The third-order valence-electron chi connectivity index (χ3n) is 5.05. The van der Waals surface area contributed by atoms with Gasteiger partial charge >= 0.3 is 0 Å². The maximum Gasteiger partial charge on any atom is 0.228 e. The Morgan fingerprint density at radius 3 is 2.89 bits per heavy atom. The summed E-state index contributed by atoms with van der Waals surface area (Å²) in [5.74, 6) is 2.07. The quantitative estimate of drug-likeness (QED) is 0.571. The van der Waals surface area contributed by atoms with Crippen molar-refractivity contribution in [2.45, 2.75) is 25.4 Å². The van der Waals surface area contributed by atoms with Crippen LogP contribution in [0.5, 0.6) is 0 Å². The van der Waals surface area contributed by atoms with Gasteiger partial charge in [-0.2, -0.15) is 5.10 Å². The van der Waals surface area contributed by atoms with Gasteiger partial charge in [0.2, 0.25) is 5.95 Å². The minimum atomic E-state index is -0.465. The van der Waals surface area contributed by atoms with Gasteiger partial charge in [0.05, 0.1) is 18.0 Å². The smallest absolute Gasteiger partial charge is 0.228 e. The molecule has 0 saturated heterocycles. The molecule has 0 bridgehead atoms. The van der Waals surface area contributed by atoms with Crippen LogP contribution in [0.2, 0.25) is 0 Å². The van der Waals surface area contributed by atoms with E-state index in [9.17, 15) is 5.11 Å². The molecule has 2 N–H and O–H groups in total. The van der Waals surface area contributed by atoms with Gasteiger partial charge < -0.3 is 10.4 Å². The van der Waals surface area contributed by atoms with E-state index < -0.39 is 6.10 Å². The van der Waals surface area contributed by atoms with E-state index in [1.165, 1.54) is 0 Å². The highest BCUT2D eigenvalue weighted by atomic mass is 16.3. The average Bonchev–Trinajstić information content (AvgIpc) is 3.26. The molecule has 136 valence electrons. The zero-order chi connectivity index (χ0) is 18.5. The maximum atomic E-state index is 10.3. The zero-order valence-electron chi connectivity index (χ0n) is 14.9. The van der Waals surface area contributed by atoms with E-state index >= 15 is 0 Å². The number of pyridine rings is 1. The van der Waals surface area contributed by atoms with E-state index in [1.807, 2.05) is 42.6 Å². The number of hydrogen-bond donors (Lipinski definition) is 2. The van der Waals surface area contributed by atoms with Crippen LogP contribution in [0.3, 0.4) is 0 Å². The zero-order valence-corrected chi connectivity index (χ0v) is 14.9. The lowest BCUT2D eigenvalue weighted by molar-refractivity contribution is 0.137. The van der Waals surface area contributed by atoms with Crippen molar-refractivity contribution in [1.82, 2.24) is 34.3 Å². The predicted octanol–water partition coefficient (Wildman–Crippen LogP) is 1.68. The molecule has 9 nitrogen and oxygen atoms in total. The second-order valence-corrected chi connectivity index (χ2v) is 6.77. The van der Waals surface area contributed by atoms with E-state index in [4.69, 9.17) is 0 Å². The lowest BCUT2D eigenvalue weighted by atomic mass is 9.93. The van der Waals surface area contributed by atoms with Crippen LogP contribution in [0.1, 0.15) is 24.4 Å². The molecule has 1 aliphatic heterocycles. The van der Waals surface area contributed by atoms with Crippen molar-refractivity contribution in [1.29, 1.82) is 0 Å². The van der Waals surface area contributed by atoms with Crippen LogP contribution < -0.4 is 5.32 Å². The Kier molecular flexibility index (Phi) is 3.44. The summed E-state index contributed by atoms with van der Waals surface area (Å²) in [5.41, 5.74) is 3.43. The number of aliphatic hydroxyl groups excluding tert-OH is 1. The van der Waals surface area contributed by atoms with Crippen molar-refractivity contribution in [2.24, 2.45) is 7.05 Å². The molecule has 0 aromatic carbocycles. The molecule has 4 aromatic rings. The van der Waals surface area contributed by atoms with Crippen molar-refractivity contribution in [3.63, 3.8) is 0 Å². The Morgan fingerprint density at radius 2 is 2.07 bits per heavy atom. The summed E-state index contributed by atoms with van der Waals surface area (Å²) < 4.78 is 3.74. The highest BCUT2D eigenvalue weighted by molar-refractivity contribution is 5.67. The van der Waals surface area contributed by atoms with Crippen LogP contribution in [0, 0.1) is 0 Å². The van der Waals surface area contributed by atoms with E-state index in [0.29, 0.717) is 12.4 Å². The van der Waals surface area contributed by atoms with E-state index in [1.54, 1.807) is 17.1 Å². The van der Waals surface area contributed by atoms with Gasteiger partial charge in [-0.15, -0.1) is 10.2 Å². The number of nitrogens with one attached hydrogen (secondary N) is 1. The minimum absolute atomic E-state index is 0.00942. The van der Waals surface area contributed by atoms with Gasteiger partial charge in [-0.25, -0.2) is 9.97 Å². The van der Waals surface area contributed by atoms with Crippen molar-refractivity contribution >= 4 is 17.4 Å². The second kappa shape index (κ2) is 5.85. The summed E-state index contributed by atoms with van der Waals surface area (Å²) in [5, 5.41) is 26.1. The van der Waals surface area contributed by atoms with Gasteiger partial charge in [0, 0.05) is 42.9 Å². The Bertz CT molecular complexity index is 1150. The molecule has 0 spiro atoms. The largest absolute Gasteiger partial charge is 0.392 e. The fourth-order valence-corrected chi connectivity index (χ4v) is 3.48. The minimum Gasteiger partial charge on any atom is -0.392 e. The predicted molar refractivity (Wildman–Crippen MR) is 98.6 cm³/mol. The number of aryl methyl sites for hydroxylation is 1. The summed E-state index contributed by atoms with van der Waals surface area (Å²) in [6, 6.07) is 7.71. The van der Waals surface area contributed by atoms with Crippen molar-refractivity contribution in [3.8, 4) is 11.3 Å². The standard InChI is InChI=1S/C18H18N8O/c1-10-13-7-11(8-16-23-24-17(26(13)16)9-14(10)27)12-3-5-19-18(21-12)22-15-4-6-20-25(15)2/h3-8,10,14,27H,9H2,1-2H3,(H,19,21,22). The van der Waals surface area contributed by atoms with Gasteiger partial charge in [-0.05, 0) is 18.2 Å². The summed E-state index contributed by atoms with van der Waals surface area (Å²) in [4.78, 5) is 8.92. The third kappa shape index (κ3) is 2.55. The molecule has 0 aliphatic carbocycles. The highest BCUT2D eigenvalue weighted by Crippen LogP contribution is 2.32. The molecule has 0 fully saturated rings. The topological polar surface area (TPSA) is 106 Å². The number of hydrogen-bond acceptors (Lipinski definition) is 7. The summed E-state index contributed by atoms with van der Waals surface area (Å²) >= 11 is 0. The first-order valence-electron chi connectivity index (χ1n) is 8.74. The van der Waals surface area contributed by atoms with Crippen LogP contribution in [-0.4, -0.2) is 45.6 Å². The monoisotopic (exact) mass is 362 g/mol. The average molecular weight is 362 g/mol. The third-order valence-corrected chi connectivity index (χ3v) is 5.05. The molecule has 0 radical (unpaired) electrons. The van der Waals surface area contributed by atoms with Crippen molar-refractivity contribution < 1.29 is 5.11 Å². The van der Waals surface area contributed by atoms with Crippen LogP contribution >= 0.6 is 0 Å². The molecule has 9 heteroatoms. The first-order valence-corrected chi connectivity index (χ1v) is 8.74. The van der Waals surface area contributed by atoms with Gasteiger partial charge in [-0.3, -0.25) is 9.08 Å². The van der Waals surface area contributed by atoms with E-state index in [0.717, 1.165) is 34.2 Å². The molecule has 5 rings (SSSR count). The molecular formula is C18H18N8O. The number of anilines is 2. The first kappa shape index (κ1) is 15.9. The molecule has 0 saturated carbocycles. The lowest BCUT2D eigenvalue weighted by Crippen LogP contribution is -2.27. The molecule has 2 unspecified atom stereocenters. The number of aliphatic hydroxyl groups is 1. The molecule has 2 atom stereocenters. The van der Waals surface area contributed by atoms with Crippen LogP contribution in [0.15, 0.2) is 36.7 Å². The number of aromatic nitrogens is 7. The molecular weight excluding hydrogens is 344 g/mol. The summed E-state index contributed by atoms with van der Waals surface area (Å²) in [6.07, 6.45) is 3.47. The Hall–Kier alpha value is -3.33. The van der Waals surface area contributed by atoms with Crippen LogP contribution in [0.25, 0.3) is 16.9 Å². The summed E-state index contributed by atoms with van der Waals surface area (Å²) in [6.45, 7) is 2.02.